The molecule has 368 valence electrons. The molecule has 3 atom stereocenters. The van der Waals surface area contributed by atoms with Crippen LogP contribution in [0.1, 0.15) is 245 Å². The van der Waals surface area contributed by atoms with Gasteiger partial charge in [0.25, 0.3) is 0 Å². The van der Waals surface area contributed by atoms with E-state index in [1.54, 1.807) is 0 Å². The number of aliphatic hydroxyl groups excluding tert-OH is 2. The van der Waals surface area contributed by atoms with Crippen molar-refractivity contribution < 1.29 is 24.5 Å². The zero-order valence-corrected chi connectivity index (χ0v) is 41.9. The molecule has 1 amide bonds. The summed E-state index contributed by atoms with van der Waals surface area (Å²) in [6, 6.07) is -0.721. The van der Waals surface area contributed by atoms with Gasteiger partial charge in [-0.15, -0.1) is 0 Å². The molecule has 0 aliphatic carbocycles. The first-order valence-corrected chi connectivity index (χ1v) is 26.9. The summed E-state index contributed by atoms with van der Waals surface area (Å²) in [4.78, 5) is 26.2. The number of allylic oxidation sites excluding steroid dienone is 14. The van der Waals surface area contributed by atoms with Gasteiger partial charge in [0.05, 0.1) is 25.2 Å². The van der Waals surface area contributed by atoms with Crippen LogP contribution in [-0.2, 0) is 14.3 Å². The minimum absolute atomic E-state index is 0.0426. The van der Waals surface area contributed by atoms with Crippen molar-refractivity contribution in [3.05, 3.63) is 85.1 Å². The van der Waals surface area contributed by atoms with Crippen LogP contribution in [0.4, 0.5) is 0 Å². The van der Waals surface area contributed by atoms with Gasteiger partial charge in [0.15, 0.2) is 0 Å². The largest absolute Gasteiger partial charge is 0.462 e. The molecule has 6 nitrogen and oxygen atoms in total. The topological polar surface area (TPSA) is 95.9 Å². The summed E-state index contributed by atoms with van der Waals surface area (Å²) in [5.74, 6) is -0.527. The molecule has 0 heterocycles. The van der Waals surface area contributed by atoms with E-state index in [4.69, 9.17) is 4.74 Å². The van der Waals surface area contributed by atoms with E-state index in [2.05, 4.69) is 74.7 Å². The van der Waals surface area contributed by atoms with Crippen molar-refractivity contribution in [3.8, 4) is 0 Å². The van der Waals surface area contributed by atoms with Gasteiger partial charge in [-0.2, -0.15) is 0 Å². The Kier molecular flexibility index (Phi) is 48.7. The molecular formula is C58H101NO5. The third-order valence-electron chi connectivity index (χ3n) is 11.8. The van der Waals surface area contributed by atoms with Crippen LogP contribution in [-0.4, -0.2) is 46.9 Å². The minimum Gasteiger partial charge on any atom is -0.462 e. The van der Waals surface area contributed by atoms with E-state index in [9.17, 15) is 19.8 Å². The van der Waals surface area contributed by atoms with Crippen LogP contribution in [0.3, 0.4) is 0 Å². The first-order valence-electron chi connectivity index (χ1n) is 26.9. The first kappa shape index (κ1) is 61.0. The van der Waals surface area contributed by atoms with Crippen molar-refractivity contribution in [2.45, 2.75) is 264 Å². The number of amides is 1. The van der Waals surface area contributed by atoms with Gasteiger partial charge in [-0.05, 0) is 77.0 Å². The number of ether oxygens (including phenoxy) is 1. The number of carbonyl (C=O) groups is 2. The van der Waals surface area contributed by atoms with E-state index in [-0.39, 0.29) is 24.9 Å². The predicted octanol–water partition coefficient (Wildman–Crippen LogP) is 16.3. The highest BCUT2D eigenvalue weighted by Gasteiger charge is 2.24. The summed E-state index contributed by atoms with van der Waals surface area (Å²) in [6.45, 7) is 6.36. The smallest absolute Gasteiger partial charge is 0.306 e. The van der Waals surface area contributed by atoms with Crippen molar-refractivity contribution in [3.63, 3.8) is 0 Å². The van der Waals surface area contributed by atoms with Gasteiger partial charge in [-0.25, -0.2) is 0 Å². The molecule has 0 saturated carbocycles. The molecule has 3 unspecified atom stereocenters. The second-order valence-electron chi connectivity index (χ2n) is 18.0. The quantitative estimate of drug-likeness (QED) is 0.0245. The number of nitrogens with one attached hydrogen (secondary N) is 1. The van der Waals surface area contributed by atoms with Crippen molar-refractivity contribution >= 4 is 11.9 Å². The Labute approximate surface area is 395 Å². The Morgan fingerprint density at radius 1 is 0.469 bits per heavy atom. The van der Waals surface area contributed by atoms with Crippen LogP contribution >= 0.6 is 0 Å². The lowest BCUT2D eigenvalue weighted by Gasteiger charge is -2.24. The fourth-order valence-corrected chi connectivity index (χ4v) is 7.73. The zero-order chi connectivity index (χ0) is 46.7. The van der Waals surface area contributed by atoms with Crippen LogP contribution in [0.15, 0.2) is 85.1 Å². The molecule has 0 aromatic carbocycles. The fourth-order valence-electron chi connectivity index (χ4n) is 7.73. The molecular weight excluding hydrogens is 791 g/mol. The fraction of sp³-hybridized carbons (Fsp3) is 0.724. The number of hydrogen-bond acceptors (Lipinski definition) is 5. The molecule has 64 heavy (non-hydrogen) atoms. The van der Waals surface area contributed by atoms with Crippen molar-refractivity contribution in [1.29, 1.82) is 0 Å². The molecule has 6 heteroatoms. The molecule has 0 bridgehead atoms. The summed E-state index contributed by atoms with van der Waals surface area (Å²) < 4.78 is 5.93. The lowest BCUT2D eigenvalue weighted by Crippen LogP contribution is -2.46. The predicted molar refractivity (Wildman–Crippen MR) is 278 cm³/mol. The standard InChI is InChI=1S/C58H101NO5/c1-4-7-10-13-16-19-22-25-27-29-31-33-36-39-42-45-48-51-58(63)64-54(49-46-43-40-37-34-32-30-28-26-23-20-17-14-11-8-5-2)52-57(62)59-55(53-60)56(61)50-47-44-41-38-35-24-21-18-15-12-9-6-3/h11,14,16-17,19-20,23,25-28,30,32,34,54-56,60-61H,4-10,12-13,15,18,21-22,24,29,31,33,35-53H2,1-3H3,(H,59,62)/b14-11+,19-16-,20-17+,26-23+,27-25-,30-28+,34-32+. The molecule has 0 aliphatic rings. The van der Waals surface area contributed by atoms with Crippen molar-refractivity contribution in [2.24, 2.45) is 0 Å². The van der Waals surface area contributed by atoms with Gasteiger partial charge < -0.3 is 20.3 Å². The summed E-state index contributed by atoms with van der Waals surface area (Å²) in [5.41, 5.74) is 0. The van der Waals surface area contributed by atoms with E-state index >= 15 is 0 Å². The van der Waals surface area contributed by atoms with E-state index in [0.29, 0.717) is 19.3 Å². The Morgan fingerprint density at radius 3 is 1.44 bits per heavy atom. The van der Waals surface area contributed by atoms with Gasteiger partial charge in [-0.3, -0.25) is 9.59 Å². The molecule has 0 aromatic rings. The van der Waals surface area contributed by atoms with E-state index in [0.717, 1.165) is 83.5 Å². The number of carbonyl (C=O) groups excluding carboxylic acids is 2. The maximum absolute atomic E-state index is 13.2. The van der Waals surface area contributed by atoms with Crippen LogP contribution in [0, 0.1) is 0 Å². The van der Waals surface area contributed by atoms with E-state index in [1.165, 1.54) is 116 Å². The van der Waals surface area contributed by atoms with Crippen LogP contribution < -0.4 is 5.32 Å². The molecule has 0 fully saturated rings. The highest BCUT2D eigenvalue weighted by molar-refractivity contribution is 5.77. The maximum Gasteiger partial charge on any atom is 0.306 e. The highest BCUT2D eigenvalue weighted by atomic mass is 16.5. The van der Waals surface area contributed by atoms with Crippen molar-refractivity contribution in [2.75, 3.05) is 6.61 Å². The van der Waals surface area contributed by atoms with Crippen LogP contribution in [0.2, 0.25) is 0 Å². The van der Waals surface area contributed by atoms with Gasteiger partial charge in [0, 0.05) is 6.42 Å². The Morgan fingerprint density at radius 2 is 0.891 bits per heavy atom. The number of hydrogen-bond donors (Lipinski definition) is 3. The monoisotopic (exact) mass is 892 g/mol. The van der Waals surface area contributed by atoms with E-state index in [1.807, 2.05) is 36.5 Å². The average Bonchev–Trinajstić information content (AvgIpc) is 3.29. The minimum atomic E-state index is -0.805. The second kappa shape index (κ2) is 51.0. The Bertz CT molecular complexity index is 1230. The molecule has 0 rings (SSSR count). The molecule has 0 aromatic heterocycles. The number of aliphatic hydroxyl groups is 2. The maximum atomic E-state index is 13.2. The number of rotatable bonds is 47. The second-order valence-corrected chi connectivity index (χ2v) is 18.0. The average molecular weight is 892 g/mol. The Hall–Kier alpha value is -2.96. The molecule has 3 N–H and O–H groups in total. The van der Waals surface area contributed by atoms with Gasteiger partial charge in [0.2, 0.25) is 5.91 Å². The van der Waals surface area contributed by atoms with Crippen LogP contribution in [0.25, 0.3) is 0 Å². The number of esters is 1. The third kappa shape index (κ3) is 45.6. The lowest BCUT2D eigenvalue weighted by atomic mass is 10.0. The SMILES string of the molecule is CCC/C=C/C=C/C=C/C=C/C=C/CCCCCC(CC(=O)NC(CO)C(O)CCCCCCCCCCCCCC)OC(=O)CCCCCCCCC/C=C\C/C=C\CCCCC. The summed E-state index contributed by atoms with van der Waals surface area (Å²) >= 11 is 0. The van der Waals surface area contributed by atoms with Gasteiger partial charge in [-0.1, -0.05) is 241 Å². The normalized spacial score (nSPS) is 13.9. The highest BCUT2D eigenvalue weighted by Crippen LogP contribution is 2.17. The van der Waals surface area contributed by atoms with Crippen molar-refractivity contribution in [1.82, 2.24) is 5.32 Å². The van der Waals surface area contributed by atoms with E-state index < -0.39 is 18.2 Å². The van der Waals surface area contributed by atoms with Gasteiger partial charge >= 0.3 is 5.97 Å². The molecule has 0 saturated heterocycles. The molecule has 0 spiro atoms. The molecule has 0 radical (unpaired) electrons. The summed E-state index contributed by atoms with van der Waals surface area (Å²) in [5, 5.41) is 23.8. The zero-order valence-electron chi connectivity index (χ0n) is 41.9. The molecule has 0 aliphatic heterocycles. The summed E-state index contributed by atoms with van der Waals surface area (Å²) in [6.07, 6.45) is 66.3. The Balaban J connectivity index is 4.70. The number of unbranched alkanes of at least 4 members (excludes halogenated alkanes) is 25. The van der Waals surface area contributed by atoms with Gasteiger partial charge in [0.1, 0.15) is 6.10 Å². The third-order valence-corrected chi connectivity index (χ3v) is 11.8. The van der Waals surface area contributed by atoms with Crippen LogP contribution in [0.5, 0.6) is 0 Å². The summed E-state index contributed by atoms with van der Waals surface area (Å²) in [7, 11) is 0. The lowest BCUT2D eigenvalue weighted by molar-refractivity contribution is -0.151. The first-order chi connectivity index (χ1) is 31.5.